The van der Waals surface area contributed by atoms with Crippen LogP contribution in [0.1, 0.15) is 48.3 Å². The zero-order valence-corrected chi connectivity index (χ0v) is 17.9. The van der Waals surface area contributed by atoms with Crippen molar-refractivity contribution in [3.05, 3.63) is 71.3 Å². The highest BCUT2D eigenvalue weighted by molar-refractivity contribution is 5.94. The van der Waals surface area contributed by atoms with Crippen LogP contribution >= 0.6 is 0 Å². The van der Waals surface area contributed by atoms with Gasteiger partial charge in [0.15, 0.2) is 0 Å². The van der Waals surface area contributed by atoms with E-state index in [1.165, 1.54) is 4.90 Å². The van der Waals surface area contributed by atoms with Gasteiger partial charge in [-0.15, -0.1) is 0 Å². The summed E-state index contributed by atoms with van der Waals surface area (Å²) in [5.41, 5.74) is 2.03. The molecule has 2 aromatic carbocycles. The van der Waals surface area contributed by atoms with Crippen LogP contribution in [0.5, 0.6) is 0 Å². The van der Waals surface area contributed by atoms with Gasteiger partial charge in [0.05, 0.1) is 14.1 Å². The summed E-state index contributed by atoms with van der Waals surface area (Å²) in [5, 5.41) is 5.84. The highest BCUT2D eigenvalue weighted by Crippen LogP contribution is 2.13. The first-order valence-electron chi connectivity index (χ1n) is 9.84. The van der Waals surface area contributed by atoms with Gasteiger partial charge in [0, 0.05) is 12.1 Å². The number of amides is 2. The Morgan fingerprint density at radius 3 is 2.17 bits per heavy atom. The van der Waals surface area contributed by atoms with E-state index < -0.39 is 11.7 Å². The normalized spacial score (nSPS) is 12.3. The number of carbonyl (C=O) groups excluding carboxylic acids is 2. The number of benzene rings is 2. The van der Waals surface area contributed by atoms with Crippen molar-refractivity contribution in [1.82, 2.24) is 10.6 Å². The Morgan fingerprint density at radius 2 is 1.62 bits per heavy atom. The maximum atomic E-state index is 12.7. The second kappa shape index (κ2) is 10.1. The van der Waals surface area contributed by atoms with E-state index in [9.17, 15) is 9.59 Å². The monoisotopic (exact) mass is 398 g/mol. The zero-order chi connectivity index (χ0) is 21.4. The maximum absolute atomic E-state index is 12.7. The van der Waals surface area contributed by atoms with Crippen molar-refractivity contribution >= 4 is 12.0 Å². The second-order valence-electron chi connectivity index (χ2n) is 8.40. The summed E-state index contributed by atoms with van der Waals surface area (Å²) >= 11 is 0. The van der Waals surface area contributed by atoms with Crippen molar-refractivity contribution in [3.63, 3.8) is 0 Å². The molecular formula is C23H32N3O3+. The SMILES string of the molecule is C[NH+](C)C[C@@H](NC(=O)c1ccc(CNC(=O)OC(C)(C)C)cc1)c1ccccc1. The molecule has 0 fully saturated rings. The molecule has 0 radical (unpaired) electrons. The Hall–Kier alpha value is -2.86. The number of alkyl carbamates (subject to hydrolysis) is 1. The summed E-state index contributed by atoms with van der Waals surface area (Å²) in [6, 6.07) is 17.1. The molecule has 0 unspecified atom stereocenters. The van der Waals surface area contributed by atoms with E-state index in [-0.39, 0.29) is 11.9 Å². The lowest BCUT2D eigenvalue weighted by molar-refractivity contribution is -0.860. The van der Waals surface area contributed by atoms with Gasteiger partial charge < -0.3 is 20.3 Å². The van der Waals surface area contributed by atoms with Gasteiger partial charge in [-0.1, -0.05) is 42.5 Å². The first kappa shape index (κ1) is 22.4. The molecule has 0 saturated heterocycles. The number of ether oxygens (including phenoxy) is 1. The molecule has 0 heterocycles. The van der Waals surface area contributed by atoms with Crippen LogP contribution < -0.4 is 15.5 Å². The first-order valence-corrected chi connectivity index (χ1v) is 9.84. The minimum absolute atomic E-state index is 0.0674. The second-order valence-corrected chi connectivity index (χ2v) is 8.40. The molecule has 2 amide bonds. The van der Waals surface area contributed by atoms with Crippen molar-refractivity contribution in [2.45, 2.75) is 39.0 Å². The van der Waals surface area contributed by atoms with Gasteiger partial charge in [-0.3, -0.25) is 4.79 Å². The Labute approximate surface area is 173 Å². The van der Waals surface area contributed by atoms with Gasteiger partial charge in [0.1, 0.15) is 18.2 Å². The molecular weight excluding hydrogens is 366 g/mol. The van der Waals surface area contributed by atoms with Crippen molar-refractivity contribution in [3.8, 4) is 0 Å². The van der Waals surface area contributed by atoms with E-state index in [1.54, 1.807) is 12.1 Å². The van der Waals surface area contributed by atoms with E-state index in [0.717, 1.165) is 17.7 Å². The number of likely N-dealkylation sites (N-methyl/N-ethyl adjacent to an activating group) is 1. The summed E-state index contributed by atoms with van der Waals surface area (Å²) in [4.78, 5) is 25.7. The summed E-state index contributed by atoms with van der Waals surface area (Å²) in [7, 11) is 4.13. The molecule has 0 spiro atoms. The molecule has 0 bridgehead atoms. The maximum Gasteiger partial charge on any atom is 0.407 e. The summed E-state index contributed by atoms with van der Waals surface area (Å²) in [5.74, 6) is -0.119. The van der Waals surface area contributed by atoms with Crippen LogP contribution in [0.3, 0.4) is 0 Å². The van der Waals surface area contributed by atoms with Crippen LogP contribution in [0.4, 0.5) is 4.79 Å². The number of hydrogen-bond acceptors (Lipinski definition) is 3. The molecule has 0 aromatic heterocycles. The van der Waals surface area contributed by atoms with E-state index >= 15 is 0 Å². The zero-order valence-electron chi connectivity index (χ0n) is 17.9. The largest absolute Gasteiger partial charge is 0.444 e. The molecule has 0 aliphatic rings. The van der Waals surface area contributed by atoms with E-state index in [1.807, 2.05) is 63.2 Å². The smallest absolute Gasteiger partial charge is 0.407 e. The number of nitrogens with one attached hydrogen (secondary N) is 3. The molecule has 3 N–H and O–H groups in total. The molecule has 2 aromatic rings. The molecule has 0 aliphatic heterocycles. The van der Waals surface area contributed by atoms with Crippen molar-refractivity contribution in [1.29, 1.82) is 0 Å². The van der Waals surface area contributed by atoms with Crippen molar-refractivity contribution in [2.24, 2.45) is 0 Å². The predicted octanol–water partition coefficient (Wildman–Crippen LogP) is 2.33. The lowest BCUT2D eigenvalue weighted by atomic mass is 10.1. The summed E-state index contributed by atoms with van der Waals surface area (Å²) < 4.78 is 5.22. The standard InChI is InChI=1S/C23H31N3O3/c1-23(2,3)29-22(28)24-15-17-11-13-19(14-12-17)21(27)25-20(16-26(4)5)18-9-7-6-8-10-18/h6-14,20H,15-16H2,1-5H3,(H,24,28)(H,25,27)/p+1/t20-/m1/s1. The molecule has 0 aliphatic carbocycles. The van der Waals surface area contributed by atoms with Crippen LogP contribution in [0.15, 0.2) is 54.6 Å². The average molecular weight is 399 g/mol. The lowest BCUT2D eigenvalue weighted by Gasteiger charge is -2.21. The molecule has 1 atom stereocenters. The third kappa shape index (κ3) is 7.95. The lowest BCUT2D eigenvalue weighted by Crippen LogP contribution is -3.06. The fourth-order valence-electron chi connectivity index (χ4n) is 2.85. The number of hydrogen-bond donors (Lipinski definition) is 3. The first-order chi connectivity index (χ1) is 13.6. The predicted molar refractivity (Wildman–Crippen MR) is 114 cm³/mol. The minimum Gasteiger partial charge on any atom is -0.444 e. The van der Waals surface area contributed by atoms with Gasteiger partial charge in [0.2, 0.25) is 0 Å². The molecule has 6 heteroatoms. The van der Waals surface area contributed by atoms with Gasteiger partial charge in [0.25, 0.3) is 5.91 Å². The van der Waals surface area contributed by atoms with Crippen LogP contribution in [0, 0.1) is 0 Å². The quantitative estimate of drug-likeness (QED) is 0.670. The van der Waals surface area contributed by atoms with Gasteiger partial charge >= 0.3 is 6.09 Å². The van der Waals surface area contributed by atoms with Crippen LogP contribution in [0.25, 0.3) is 0 Å². The molecule has 6 nitrogen and oxygen atoms in total. The Morgan fingerprint density at radius 1 is 1.00 bits per heavy atom. The number of rotatable bonds is 7. The molecule has 0 saturated carbocycles. The van der Waals surface area contributed by atoms with Gasteiger partial charge in [-0.25, -0.2) is 4.79 Å². The summed E-state index contributed by atoms with van der Waals surface area (Å²) in [6.07, 6.45) is -0.462. The van der Waals surface area contributed by atoms with E-state index in [0.29, 0.717) is 12.1 Å². The van der Waals surface area contributed by atoms with E-state index in [2.05, 4.69) is 24.7 Å². The van der Waals surface area contributed by atoms with Crippen molar-refractivity contribution in [2.75, 3.05) is 20.6 Å². The number of carbonyl (C=O) groups is 2. The molecule has 156 valence electrons. The van der Waals surface area contributed by atoms with Crippen LogP contribution in [0.2, 0.25) is 0 Å². The molecule has 2 rings (SSSR count). The van der Waals surface area contributed by atoms with Crippen molar-refractivity contribution < 1.29 is 19.2 Å². The number of quaternary nitrogens is 1. The van der Waals surface area contributed by atoms with Crippen LogP contribution in [-0.2, 0) is 11.3 Å². The van der Waals surface area contributed by atoms with Gasteiger partial charge in [-0.05, 0) is 44.0 Å². The average Bonchev–Trinajstić information content (AvgIpc) is 2.65. The Kier molecular flexibility index (Phi) is 7.79. The molecule has 29 heavy (non-hydrogen) atoms. The highest BCUT2D eigenvalue weighted by atomic mass is 16.6. The van der Waals surface area contributed by atoms with Crippen LogP contribution in [-0.4, -0.2) is 38.2 Å². The fraction of sp³-hybridized carbons (Fsp3) is 0.391. The minimum atomic E-state index is -0.532. The van der Waals surface area contributed by atoms with E-state index in [4.69, 9.17) is 4.74 Å². The highest BCUT2D eigenvalue weighted by Gasteiger charge is 2.19. The third-order valence-corrected chi connectivity index (χ3v) is 4.17. The third-order valence-electron chi connectivity index (χ3n) is 4.17. The Balaban J connectivity index is 1.97. The topological polar surface area (TPSA) is 71.9 Å². The fourth-order valence-corrected chi connectivity index (χ4v) is 2.85. The summed E-state index contributed by atoms with van der Waals surface area (Å²) in [6.45, 7) is 6.59. The Bertz CT molecular complexity index is 796. The van der Waals surface area contributed by atoms with Gasteiger partial charge in [-0.2, -0.15) is 0 Å².